The minimum absolute atomic E-state index is 0. The molecule has 1 heterocycles. The zero-order chi connectivity index (χ0) is 19.1. The molecular weight excluding hydrogens is 411 g/mol. The Morgan fingerprint density at radius 2 is 1.37 bits per heavy atom. The quantitative estimate of drug-likeness (QED) is 0.341. The Labute approximate surface area is 192 Å². The molecule has 1 fully saturated rings. The van der Waals surface area contributed by atoms with E-state index < -0.39 is 0 Å². The molecule has 0 aromatic heterocycles. The van der Waals surface area contributed by atoms with E-state index in [9.17, 15) is 0 Å². The molecule has 4 aromatic carbocycles. The molecule has 5 rings (SSSR count). The third-order valence-electron chi connectivity index (χ3n) is 6.53. The van der Waals surface area contributed by atoms with Gasteiger partial charge < -0.3 is 5.32 Å². The maximum absolute atomic E-state index is 3.52. The third kappa shape index (κ3) is 4.11. The molecule has 0 aliphatic carbocycles. The predicted octanol–water partition coefficient (Wildman–Crippen LogP) is 6.81. The molecule has 30 heavy (non-hydrogen) atoms. The molecule has 0 spiro atoms. The highest BCUT2D eigenvalue weighted by atomic mass is 35.5. The lowest BCUT2D eigenvalue weighted by atomic mass is 9.87. The highest BCUT2D eigenvalue weighted by molar-refractivity contribution is 6.23. The van der Waals surface area contributed by atoms with Crippen LogP contribution in [0, 0.1) is 5.92 Å². The lowest BCUT2D eigenvalue weighted by molar-refractivity contribution is 0.161. The summed E-state index contributed by atoms with van der Waals surface area (Å²) in [6.45, 7) is 9.18. The standard InChI is InChI=1S/C26H30N2.2ClH/c1-18(2)6-13-24(28-16-14-27-15-17-28)22-11-9-21-8-7-19-4-3-5-20-10-12-23(22)26(21)25(19)20;;/h3-5,7-12,18,24,27H,6,13-17H2,1-2H3;2*1H/t24-;;/m1../s1. The van der Waals surface area contributed by atoms with Crippen LogP contribution in [0.1, 0.15) is 38.3 Å². The van der Waals surface area contributed by atoms with Gasteiger partial charge in [-0.05, 0) is 56.6 Å². The summed E-state index contributed by atoms with van der Waals surface area (Å²) in [6.07, 6.45) is 2.51. The van der Waals surface area contributed by atoms with Gasteiger partial charge in [-0.2, -0.15) is 0 Å². The Morgan fingerprint density at radius 3 is 2.03 bits per heavy atom. The minimum atomic E-state index is 0. The van der Waals surface area contributed by atoms with Crippen LogP contribution in [0.5, 0.6) is 0 Å². The van der Waals surface area contributed by atoms with Gasteiger partial charge in [-0.25, -0.2) is 0 Å². The lowest BCUT2D eigenvalue weighted by Crippen LogP contribution is -2.45. The molecule has 0 amide bonds. The van der Waals surface area contributed by atoms with E-state index in [1.54, 1.807) is 0 Å². The van der Waals surface area contributed by atoms with Crippen molar-refractivity contribution in [3.63, 3.8) is 0 Å². The lowest BCUT2D eigenvalue weighted by Gasteiger charge is -2.36. The van der Waals surface area contributed by atoms with Crippen molar-refractivity contribution in [1.29, 1.82) is 0 Å². The molecule has 0 radical (unpaired) electrons. The van der Waals surface area contributed by atoms with Crippen molar-refractivity contribution >= 4 is 57.1 Å². The van der Waals surface area contributed by atoms with Gasteiger partial charge in [-0.15, -0.1) is 24.8 Å². The van der Waals surface area contributed by atoms with E-state index in [2.05, 4.69) is 78.7 Å². The Bertz CT molecular complexity index is 1090. The molecule has 1 N–H and O–H groups in total. The van der Waals surface area contributed by atoms with E-state index in [1.165, 1.54) is 50.7 Å². The SMILES string of the molecule is CC(C)CC[C@H](c1ccc2ccc3cccc4ccc1c2c34)N1CCNCC1.Cl.Cl. The van der Waals surface area contributed by atoms with Crippen LogP contribution in [-0.4, -0.2) is 31.1 Å². The first kappa shape index (κ1) is 23.1. The number of piperazine rings is 1. The van der Waals surface area contributed by atoms with E-state index >= 15 is 0 Å². The van der Waals surface area contributed by atoms with Crippen LogP contribution in [0.15, 0.2) is 54.6 Å². The van der Waals surface area contributed by atoms with Crippen molar-refractivity contribution in [1.82, 2.24) is 10.2 Å². The fourth-order valence-corrected chi connectivity index (χ4v) is 5.07. The van der Waals surface area contributed by atoms with Crippen molar-refractivity contribution in [2.24, 2.45) is 5.92 Å². The summed E-state index contributed by atoms with van der Waals surface area (Å²) in [6, 6.07) is 21.2. The average molecular weight is 443 g/mol. The first-order valence-electron chi connectivity index (χ1n) is 10.8. The molecular formula is C26H32Cl2N2. The van der Waals surface area contributed by atoms with Gasteiger partial charge in [-0.1, -0.05) is 68.4 Å². The van der Waals surface area contributed by atoms with E-state index in [0.717, 1.165) is 32.1 Å². The number of nitrogens with zero attached hydrogens (tertiary/aromatic N) is 1. The van der Waals surface area contributed by atoms with Gasteiger partial charge in [-0.3, -0.25) is 4.90 Å². The summed E-state index contributed by atoms with van der Waals surface area (Å²) < 4.78 is 0. The van der Waals surface area contributed by atoms with E-state index in [0.29, 0.717) is 6.04 Å². The summed E-state index contributed by atoms with van der Waals surface area (Å²) in [5, 5.41) is 11.9. The second-order valence-corrected chi connectivity index (χ2v) is 8.78. The van der Waals surface area contributed by atoms with Gasteiger partial charge in [0.15, 0.2) is 0 Å². The molecule has 0 saturated carbocycles. The Balaban J connectivity index is 0.00000128. The molecule has 1 atom stereocenters. The summed E-state index contributed by atoms with van der Waals surface area (Å²) in [4.78, 5) is 2.71. The van der Waals surface area contributed by atoms with Gasteiger partial charge in [0.25, 0.3) is 0 Å². The van der Waals surface area contributed by atoms with E-state index in [-0.39, 0.29) is 24.8 Å². The van der Waals surface area contributed by atoms with Crippen LogP contribution >= 0.6 is 24.8 Å². The van der Waals surface area contributed by atoms with Crippen LogP contribution in [0.4, 0.5) is 0 Å². The topological polar surface area (TPSA) is 15.3 Å². The van der Waals surface area contributed by atoms with Gasteiger partial charge in [0.2, 0.25) is 0 Å². The summed E-state index contributed by atoms with van der Waals surface area (Å²) in [7, 11) is 0. The smallest absolute Gasteiger partial charge is 0.0355 e. The van der Waals surface area contributed by atoms with Gasteiger partial charge in [0.1, 0.15) is 0 Å². The predicted molar refractivity (Wildman–Crippen MR) is 136 cm³/mol. The largest absolute Gasteiger partial charge is 0.314 e. The minimum Gasteiger partial charge on any atom is -0.314 e. The van der Waals surface area contributed by atoms with Crippen molar-refractivity contribution in [3.05, 3.63) is 60.2 Å². The number of benzene rings is 4. The number of nitrogens with one attached hydrogen (secondary N) is 1. The summed E-state index contributed by atoms with van der Waals surface area (Å²) in [5.41, 5.74) is 1.52. The summed E-state index contributed by atoms with van der Waals surface area (Å²) in [5.74, 6) is 0.741. The van der Waals surface area contributed by atoms with Crippen molar-refractivity contribution in [2.45, 2.75) is 32.7 Å². The normalized spacial score (nSPS) is 16.1. The van der Waals surface area contributed by atoms with E-state index in [4.69, 9.17) is 0 Å². The molecule has 160 valence electrons. The van der Waals surface area contributed by atoms with Gasteiger partial charge in [0, 0.05) is 32.2 Å². The maximum atomic E-state index is 3.52. The number of rotatable bonds is 5. The fraction of sp³-hybridized carbons (Fsp3) is 0.385. The Kier molecular flexibility index (Phi) is 7.47. The average Bonchev–Trinajstić information content (AvgIpc) is 2.73. The molecule has 1 aliphatic heterocycles. The highest BCUT2D eigenvalue weighted by Gasteiger charge is 2.24. The first-order valence-corrected chi connectivity index (χ1v) is 10.8. The Hall–Kier alpha value is -1.58. The zero-order valence-corrected chi connectivity index (χ0v) is 19.5. The summed E-state index contributed by atoms with van der Waals surface area (Å²) >= 11 is 0. The molecule has 2 nitrogen and oxygen atoms in total. The van der Waals surface area contributed by atoms with Crippen molar-refractivity contribution < 1.29 is 0 Å². The number of halogens is 2. The zero-order valence-electron chi connectivity index (χ0n) is 17.9. The second-order valence-electron chi connectivity index (χ2n) is 8.78. The van der Waals surface area contributed by atoms with Crippen LogP contribution in [0.25, 0.3) is 32.3 Å². The van der Waals surface area contributed by atoms with Crippen LogP contribution in [0.2, 0.25) is 0 Å². The Morgan fingerprint density at radius 1 is 0.767 bits per heavy atom. The van der Waals surface area contributed by atoms with Crippen molar-refractivity contribution in [2.75, 3.05) is 26.2 Å². The maximum Gasteiger partial charge on any atom is 0.0355 e. The van der Waals surface area contributed by atoms with Crippen molar-refractivity contribution in [3.8, 4) is 0 Å². The molecule has 0 bridgehead atoms. The monoisotopic (exact) mass is 442 g/mol. The third-order valence-corrected chi connectivity index (χ3v) is 6.53. The fourth-order valence-electron chi connectivity index (χ4n) is 5.07. The molecule has 0 unspecified atom stereocenters. The molecule has 1 aliphatic rings. The first-order chi connectivity index (χ1) is 13.7. The molecule has 4 aromatic rings. The van der Waals surface area contributed by atoms with Gasteiger partial charge >= 0.3 is 0 Å². The van der Waals surface area contributed by atoms with E-state index in [1.807, 2.05) is 0 Å². The number of hydrogen-bond donors (Lipinski definition) is 1. The second kappa shape index (κ2) is 9.70. The highest BCUT2D eigenvalue weighted by Crippen LogP contribution is 2.40. The number of hydrogen-bond acceptors (Lipinski definition) is 2. The van der Waals surface area contributed by atoms with Crippen LogP contribution < -0.4 is 5.32 Å². The molecule has 4 heteroatoms. The molecule has 1 saturated heterocycles. The van der Waals surface area contributed by atoms with Crippen LogP contribution in [-0.2, 0) is 0 Å². The van der Waals surface area contributed by atoms with Crippen LogP contribution in [0.3, 0.4) is 0 Å². The van der Waals surface area contributed by atoms with Gasteiger partial charge in [0.05, 0.1) is 0 Å².